The van der Waals surface area contributed by atoms with Gasteiger partial charge in [-0.25, -0.2) is 0 Å². The molecule has 0 saturated carbocycles. The number of carbonyl (C=O) groups is 1. The quantitative estimate of drug-likeness (QED) is 0.179. The molecule has 1 amide bonds. The summed E-state index contributed by atoms with van der Waals surface area (Å²) >= 11 is 0. The lowest BCUT2D eigenvalue weighted by Gasteiger charge is -2.16. The molecule has 3 rings (SSSR count). The summed E-state index contributed by atoms with van der Waals surface area (Å²) in [6, 6.07) is 14.2. The topological polar surface area (TPSA) is 40.5 Å². The van der Waals surface area contributed by atoms with Crippen LogP contribution in [0, 0.1) is 0 Å². The first-order chi connectivity index (χ1) is 14.7. The van der Waals surface area contributed by atoms with Crippen LogP contribution in [0.15, 0.2) is 42.5 Å². The lowest BCUT2D eigenvalue weighted by molar-refractivity contribution is -0.123. The number of fused-ring (bicyclic) bond motifs is 3. The fourth-order valence-corrected chi connectivity index (χ4v) is 4.45. The van der Waals surface area contributed by atoms with E-state index in [9.17, 15) is 10.0 Å². The molecular formula is C27H37NO2. The number of amides is 1. The Hall–Kier alpha value is -2.13. The molecule has 162 valence electrons. The predicted molar refractivity (Wildman–Crippen MR) is 125 cm³/mol. The summed E-state index contributed by atoms with van der Waals surface area (Å²) in [6.07, 6.45) is 15.1. The molecule has 30 heavy (non-hydrogen) atoms. The largest absolute Gasteiger partial charge is 0.281 e. The van der Waals surface area contributed by atoms with Gasteiger partial charge in [-0.2, -0.15) is 5.06 Å². The monoisotopic (exact) mass is 407 g/mol. The van der Waals surface area contributed by atoms with Crippen molar-refractivity contribution >= 4 is 11.6 Å². The summed E-state index contributed by atoms with van der Waals surface area (Å²) < 4.78 is 0. The number of rotatable bonds is 13. The van der Waals surface area contributed by atoms with Crippen LogP contribution in [0.25, 0.3) is 11.1 Å². The van der Waals surface area contributed by atoms with Crippen molar-refractivity contribution in [3.05, 3.63) is 53.6 Å². The van der Waals surface area contributed by atoms with E-state index in [1.54, 1.807) is 0 Å². The fourth-order valence-electron chi connectivity index (χ4n) is 4.45. The molecule has 0 spiro atoms. The third-order valence-electron chi connectivity index (χ3n) is 6.25. The molecule has 0 atom stereocenters. The molecule has 2 aromatic carbocycles. The van der Waals surface area contributed by atoms with E-state index in [-0.39, 0.29) is 5.91 Å². The van der Waals surface area contributed by atoms with E-state index in [0.717, 1.165) is 24.3 Å². The van der Waals surface area contributed by atoms with Gasteiger partial charge in [-0.05, 0) is 47.2 Å². The van der Waals surface area contributed by atoms with Gasteiger partial charge >= 0.3 is 0 Å². The molecule has 1 N–H and O–H groups in total. The smallest absolute Gasteiger partial charge is 0.250 e. The van der Waals surface area contributed by atoms with E-state index in [2.05, 4.69) is 31.2 Å². The van der Waals surface area contributed by atoms with Gasteiger partial charge in [0.15, 0.2) is 0 Å². The highest BCUT2D eigenvalue weighted by atomic mass is 16.5. The van der Waals surface area contributed by atoms with Gasteiger partial charge in [0, 0.05) is 6.42 Å². The zero-order chi connectivity index (χ0) is 21.2. The van der Waals surface area contributed by atoms with E-state index in [1.165, 1.54) is 80.0 Å². The first-order valence-corrected chi connectivity index (χ1v) is 11.9. The van der Waals surface area contributed by atoms with E-state index in [4.69, 9.17) is 0 Å². The van der Waals surface area contributed by atoms with Crippen molar-refractivity contribution < 1.29 is 10.0 Å². The summed E-state index contributed by atoms with van der Waals surface area (Å²) in [7, 11) is 0. The average Bonchev–Trinajstić information content (AvgIpc) is 3.14. The minimum atomic E-state index is -0.207. The molecule has 0 radical (unpaired) electrons. The number of anilines is 1. The van der Waals surface area contributed by atoms with Gasteiger partial charge in [-0.1, -0.05) is 101 Å². The summed E-state index contributed by atoms with van der Waals surface area (Å²) in [6.45, 7) is 2.26. The second-order valence-corrected chi connectivity index (χ2v) is 8.67. The second-order valence-electron chi connectivity index (χ2n) is 8.67. The molecule has 3 heteroatoms. The van der Waals surface area contributed by atoms with E-state index >= 15 is 0 Å². The van der Waals surface area contributed by atoms with Crippen molar-refractivity contribution in [2.45, 2.75) is 90.4 Å². The lowest BCUT2D eigenvalue weighted by atomic mass is 10.0. The molecule has 2 aromatic rings. The first-order valence-electron chi connectivity index (χ1n) is 11.9. The average molecular weight is 408 g/mol. The number of unbranched alkanes of at least 4 members (excludes halogenated alkanes) is 10. The van der Waals surface area contributed by atoms with Crippen LogP contribution in [0.1, 0.15) is 95.1 Å². The van der Waals surface area contributed by atoms with Crippen LogP contribution in [0.4, 0.5) is 5.69 Å². The van der Waals surface area contributed by atoms with Gasteiger partial charge in [0.1, 0.15) is 0 Å². The summed E-state index contributed by atoms with van der Waals surface area (Å²) in [4.78, 5) is 12.4. The second kappa shape index (κ2) is 11.9. The zero-order valence-electron chi connectivity index (χ0n) is 18.5. The molecule has 0 fully saturated rings. The minimum absolute atomic E-state index is 0.207. The maximum absolute atomic E-state index is 12.4. The van der Waals surface area contributed by atoms with Gasteiger partial charge in [0.25, 0.3) is 5.91 Å². The molecule has 1 aliphatic rings. The maximum Gasteiger partial charge on any atom is 0.250 e. The van der Waals surface area contributed by atoms with Crippen LogP contribution >= 0.6 is 0 Å². The normalized spacial score (nSPS) is 11.9. The minimum Gasteiger partial charge on any atom is -0.281 e. The van der Waals surface area contributed by atoms with Crippen molar-refractivity contribution in [1.29, 1.82) is 0 Å². The predicted octanol–water partition coefficient (Wildman–Crippen LogP) is 7.68. The number of hydroxylamine groups is 1. The third kappa shape index (κ3) is 6.18. The van der Waals surface area contributed by atoms with E-state index in [1.807, 2.05) is 18.2 Å². The van der Waals surface area contributed by atoms with Crippen LogP contribution in [-0.4, -0.2) is 11.1 Å². The van der Waals surface area contributed by atoms with Crippen LogP contribution in [-0.2, 0) is 11.2 Å². The Bertz CT molecular complexity index is 814. The van der Waals surface area contributed by atoms with Crippen LogP contribution in [0.5, 0.6) is 0 Å². The Morgan fingerprint density at radius 3 is 2.10 bits per heavy atom. The maximum atomic E-state index is 12.4. The van der Waals surface area contributed by atoms with Crippen molar-refractivity contribution in [1.82, 2.24) is 0 Å². The van der Waals surface area contributed by atoms with Gasteiger partial charge in [0.2, 0.25) is 0 Å². The van der Waals surface area contributed by atoms with E-state index < -0.39 is 0 Å². The fraction of sp³-hybridized carbons (Fsp3) is 0.519. The third-order valence-corrected chi connectivity index (χ3v) is 6.25. The Balaban J connectivity index is 1.33. The SMILES string of the molecule is CCCCCCCCCCCCCC(=O)N(O)c1ccc2c(c1)Cc1ccccc1-2. The first kappa shape index (κ1) is 22.6. The number of carbonyl (C=O) groups excluding carboxylic acids is 1. The molecule has 3 nitrogen and oxygen atoms in total. The molecule has 0 unspecified atom stereocenters. The molecule has 0 heterocycles. The molecular weight excluding hydrogens is 370 g/mol. The molecule has 0 bridgehead atoms. The van der Waals surface area contributed by atoms with Gasteiger partial charge in [0.05, 0.1) is 5.69 Å². The number of hydrogen-bond acceptors (Lipinski definition) is 2. The highest BCUT2D eigenvalue weighted by Crippen LogP contribution is 2.38. The van der Waals surface area contributed by atoms with Gasteiger partial charge in [-0.15, -0.1) is 0 Å². The highest BCUT2D eigenvalue weighted by Gasteiger charge is 2.20. The van der Waals surface area contributed by atoms with Crippen LogP contribution < -0.4 is 5.06 Å². The Labute approximate surface area is 182 Å². The Morgan fingerprint density at radius 2 is 1.40 bits per heavy atom. The lowest BCUT2D eigenvalue weighted by Crippen LogP contribution is -2.26. The van der Waals surface area contributed by atoms with Crippen molar-refractivity contribution in [3.8, 4) is 11.1 Å². The van der Waals surface area contributed by atoms with Crippen LogP contribution in [0.2, 0.25) is 0 Å². The summed E-state index contributed by atoms with van der Waals surface area (Å²) in [5.41, 5.74) is 5.53. The Morgan fingerprint density at radius 1 is 0.800 bits per heavy atom. The standard InChI is InChI=1S/C27H37NO2/c1-2-3-4-5-6-7-8-9-10-11-12-17-27(29)28(30)24-18-19-26-23(21-24)20-22-15-13-14-16-25(22)26/h13-16,18-19,21,30H,2-12,17,20H2,1H3. The van der Waals surface area contributed by atoms with Crippen molar-refractivity contribution in [3.63, 3.8) is 0 Å². The number of benzene rings is 2. The summed E-state index contributed by atoms with van der Waals surface area (Å²) in [5.74, 6) is -0.207. The highest BCUT2D eigenvalue weighted by molar-refractivity contribution is 5.92. The van der Waals surface area contributed by atoms with Crippen LogP contribution in [0.3, 0.4) is 0 Å². The van der Waals surface area contributed by atoms with Crippen molar-refractivity contribution in [2.75, 3.05) is 5.06 Å². The molecule has 0 aliphatic heterocycles. The van der Waals surface area contributed by atoms with Gasteiger partial charge < -0.3 is 0 Å². The zero-order valence-corrected chi connectivity index (χ0v) is 18.5. The summed E-state index contributed by atoms with van der Waals surface area (Å²) in [5, 5.41) is 11.2. The molecule has 0 aromatic heterocycles. The molecule has 1 aliphatic carbocycles. The van der Waals surface area contributed by atoms with E-state index in [0.29, 0.717) is 12.1 Å². The Kier molecular flexibility index (Phi) is 8.95. The molecule has 0 saturated heterocycles. The van der Waals surface area contributed by atoms with Gasteiger partial charge in [-0.3, -0.25) is 10.0 Å². The number of nitrogens with zero attached hydrogens (tertiary/aromatic N) is 1. The number of hydrogen-bond donors (Lipinski definition) is 1. The van der Waals surface area contributed by atoms with Crippen molar-refractivity contribution in [2.24, 2.45) is 0 Å².